The summed E-state index contributed by atoms with van der Waals surface area (Å²) < 4.78 is 10.7. The van der Waals surface area contributed by atoms with Crippen LogP contribution in [0.5, 0.6) is 0 Å². The van der Waals surface area contributed by atoms with Gasteiger partial charge < -0.3 is 14.8 Å². The number of ether oxygens (including phenoxy) is 2. The summed E-state index contributed by atoms with van der Waals surface area (Å²) in [5, 5.41) is 3.62. The smallest absolute Gasteiger partial charge is 0.0700 e. The molecule has 1 fully saturated rings. The lowest BCUT2D eigenvalue weighted by atomic mass is 10.0. The summed E-state index contributed by atoms with van der Waals surface area (Å²) in [7, 11) is 1.76. The average molecular weight is 201 g/mol. The number of hydrogen-bond acceptors (Lipinski definition) is 3. The van der Waals surface area contributed by atoms with E-state index in [9.17, 15) is 0 Å². The summed E-state index contributed by atoms with van der Waals surface area (Å²) in [5.41, 5.74) is 0. The summed E-state index contributed by atoms with van der Waals surface area (Å²) in [6, 6.07) is 0.937. The quantitative estimate of drug-likeness (QED) is 0.730. The summed E-state index contributed by atoms with van der Waals surface area (Å²) in [4.78, 5) is 0. The van der Waals surface area contributed by atoms with Crippen LogP contribution in [0.4, 0.5) is 0 Å². The van der Waals surface area contributed by atoms with E-state index in [1.54, 1.807) is 7.11 Å². The van der Waals surface area contributed by atoms with Gasteiger partial charge in [0.2, 0.25) is 0 Å². The van der Waals surface area contributed by atoms with Gasteiger partial charge in [0.15, 0.2) is 0 Å². The first kappa shape index (κ1) is 12.0. The lowest BCUT2D eigenvalue weighted by Crippen LogP contribution is -2.46. The molecule has 1 heterocycles. The minimum atomic E-state index is 0.341. The van der Waals surface area contributed by atoms with Gasteiger partial charge in [-0.3, -0.25) is 0 Å². The van der Waals surface area contributed by atoms with Gasteiger partial charge in [0, 0.05) is 25.8 Å². The van der Waals surface area contributed by atoms with Gasteiger partial charge in [0.05, 0.1) is 12.7 Å². The van der Waals surface area contributed by atoms with E-state index in [0.717, 1.165) is 19.6 Å². The number of nitrogens with one attached hydrogen (secondary N) is 1. The maximum atomic E-state index is 5.52. The van der Waals surface area contributed by atoms with Crippen molar-refractivity contribution in [3.05, 3.63) is 0 Å². The van der Waals surface area contributed by atoms with Crippen LogP contribution in [-0.4, -0.2) is 38.5 Å². The molecular weight excluding hydrogens is 178 g/mol. The Bertz CT molecular complexity index is 161. The molecule has 3 heteroatoms. The lowest BCUT2D eigenvalue weighted by Gasteiger charge is -2.27. The molecule has 0 aromatic heterocycles. The van der Waals surface area contributed by atoms with Crippen molar-refractivity contribution in [1.29, 1.82) is 0 Å². The Labute approximate surface area is 87.2 Å². The van der Waals surface area contributed by atoms with E-state index >= 15 is 0 Å². The van der Waals surface area contributed by atoms with Gasteiger partial charge in [-0.05, 0) is 19.3 Å². The minimum Gasteiger partial charge on any atom is -0.383 e. The van der Waals surface area contributed by atoms with Gasteiger partial charge in [-0.1, -0.05) is 13.8 Å². The number of methoxy groups -OCH3 is 1. The van der Waals surface area contributed by atoms with E-state index in [0.29, 0.717) is 24.1 Å². The van der Waals surface area contributed by atoms with Crippen LogP contribution in [-0.2, 0) is 9.47 Å². The second kappa shape index (κ2) is 5.69. The zero-order chi connectivity index (χ0) is 10.6. The Morgan fingerprint density at radius 2 is 2.21 bits per heavy atom. The van der Waals surface area contributed by atoms with Crippen LogP contribution in [0.2, 0.25) is 0 Å². The molecule has 0 radical (unpaired) electrons. The molecule has 1 rings (SSSR count). The van der Waals surface area contributed by atoms with Crippen LogP contribution in [0, 0.1) is 5.92 Å². The fourth-order valence-corrected chi connectivity index (χ4v) is 1.84. The van der Waals surface area contributed by atoms with Crippen LogP contribution in [0.3, 0.4) is 0 Å². The Kier molecular flexibility index (Phi) is 4.85. The predicted octanol–water partition coefficient (Wildman–Crippen LogP) is 1.42. The molecular formula is C11H23NO2. The van der Waals surface area contributed by atoms with E-state index in [1.807, 2.05) is 0 Å². The SMILES string of the molecule is COCC(NC1CCOC1C)C(C)C. The lowest BCUT2D eigenvalue weighted by molar-refractivity contribution is 0.0967. The van der Waals surface area contributed by atoms with Gasteiger partial charge >= 0.3 is 0 Å². The second-order valence-electron chi connectivity index (χ2n) is 4.44. The number of rotatable bonds is 5. The van der Waals surface area contributed by atoms with Gasteiger partial charge in [0.1, 0.15) is 0 Å². The normalized spacial score (nSPS) is 29.8. The molecule has 0 aliphatic carbocycles. The summed E-state index contributed by atoms with van der Waals surface area (Å²) in [6.45, 7) is 8.24. The molecule has 0 amide bonds. The second-order valence-corrected chi connectivity index (χ2v) is 4.44. The first-order valence-electron chi connectivity index (χ1n) is 5.51. The summed E-state index contributed by atoms with van der Waals surface area (Å²) in [5.74, 6) is 0.600. The molecule has 3 atom stereocenters. The average Bonchev–Trinajstić information content (AvgIpc) is 2.51. The van der Waals surface area contributed by atoms with Crippen molar-refractivity contribution in [2.45, 2.75) is 45.4 Å². The van der Waals surface area contributed by atoms with E-state index < -0.39 is 0 Å². The van der Waals surface area contributed by atoms with Crippen molar-refractivity contribution in [3.8, 4) is 0 Å². The highest BCUT2D eigenvalue weighted by Crippen LogP contribution is 2.15. The molecule has 1 N–H and O–H groups in total. The van der Waals surface area contributed by atoms with E-state index in [-0.39, 0.29) is 0 Å². The largest absolute Gasteiger partial charge is 0.383 e. The molecule has 0 aromatic carbocycles. The van der Waals surface area contributed by atoms with Gasteiger partial charge in [0.25, 0.3) is 0 Å². The molecule has 3 nitrogen and oxygen atoms in total. The Balaban J connectivity index is 2.37. The van der Waals surface area contributed by atoms with E-state index in [1.165, 1.54) is 0 Å². The molecule has 0 aromatic rings. The van der Waals surface area contributed by atoms with Crippen molar-refractivity contribution >= 4 is 0 Å². The fraction of sp³-hybridized carbons (Fsp3) is 1.00. The predicted molar refractivity (Wildman–Crippen MR) is 57.5 cm³/mol. The monoisotopic (exact) mass is 201 g/mol. The van der Waals surface area contributed by atoms with Gasteiger partial charge in [-0.25, -0.2) is 0 Å². The molecule has 1 saturated heterocycles. The molecule has 14 heavy (non-hydrogen) atoms. The van der Waals surface area contributed by atoms with Crippen molar-refractivity contribution in [3.63, 3.8) is 0 Å². The summed E-state index contributed by atoms with van der Waals surface area (Å²) in [6.07, 6.45) is 1.46. The first-order valence-corrected chi connectivity index (χ1v) is 5.51. The van der Waals surface area contributed by atoms with Crippen LogP contribution in [0.25, 0.3) is 0 Å². The highest BCUT2D eigenvalue weighted by atomic mass is 16.5. The van der Waals surface area contributed by atoms with Gasteiger partial charge in [-0.2, -0.15) is 0 Å². The van der Waals surface area contributed by atoms with Crippen molar-refractivity contribution in [1.82, 2.24) is 5.32 Å². The number of hydrogen-bond donors (Lipinski definition) is 1. The molecule has 1 aliphatic rings. The maximum absolute atomic E-state index is 5.52. The molecule has 1 aliphatic heterocycles. The third-order valence-corrected chi connectivity index (χ3v) is 2.96. The molecule has 0 saturated carbocycles. The first-order chi connectivity index (χ1) is 6.65. The third kappa shape index (κ3) is 3.23. The molecule has 3 unspecified atom stereocenters. The zero-order valence-corrected chi connectivity index (χ0v) is 9.75. The molecule has 0 spiro atoms. The highest BCUT2D eigenvalue weighted by Gasteiger charge is 2.27. The van der Waals surface area contributed by atoms with Crippen LogP contribution in [0.1, 0.15) is 27.2 Å². The Morgan fingerprint density at radius 3 is 2.64 bits per heavy atom. The third-order valence-electron chi connectivity index (χ3n) is 2.96. The fourth-order valence-electron chi connectivity index (χ4n) is 1.84. The van der Waals surface area contributed by atoms with Crippen LogP contribution >= 0.6 is 0 Å². The van der Waals surface area contributed by atoms with Crippen molar-refractivity contribution in [2.75, 3.05) is 20.3 Å². The Hall–Kier alpha value is -0.120. The molecule has 84 valence electrons. The summed E-state index contributed by atoms with van der Waals surface area (Å²) >= 11 is 0. The highest BCUT2D eigenvalue weighted by molar-refractivity contribution is 4.83. The Morgan fingerprint density at radius 1 is 1.50 bits per heavy atom. The van der Waals surface area contributed by atoms with E-state index in [2.05, 4.69) is 26.1 Å². The maximum Gasteiger partial charge on any atom is 0.0700 e. The van der Waals surface area contributed by atoms with Crippen LogP contribution in [0.15, 0.2) is 0 Å². The molecule has 0 bridgehead atoms. The topological polar surface area (TPSA) is 30.5 Å². The van der Waals surface area contributed by atoms with E-state index in [4.69, 9.17) is 9.47 Å². The zero-order valence-electron chi connectivity index (χ0n) is 9.75. The standard InChI is InChI=1S/C11H23NO2/c1-8(2)11(7-13-4)12-10-5-6-14-9(10)3/h8-12H,5-7H2,1-4H3. The van der Waals surface area contributed by atoms with Gasteiger partial charge in [-0.15, -0.1) is 0 Å². The van der Waals surface area contributed by atoms with Crippen molar-refractivity contribution < 1.29 is 9.47 Å². The van der Waals surface area contributed by atoms with Crippen LogP contribution < -0.4 is 5.32 Å². The van der Waals surface area contributed by atoms with Crippen molar-refractivity contribution in [2.24, 2.45) is 5.92 Å². The minimum absolute atomic E-state index is 0.341.